The van der Waals surface area contributed by atoms with E-state index in [9.17, 15) is 20.2 Å². The fourth-order valence-electron chi connectivity index (χ4n) is 1.09. The molecule has 1 aromatic carbocycles. The van der Waals surface area contributed by atoms with Gasteiger partial charge >= 0.3 is 11.4 Å². The standard InChI is InChI=1S/C9H4N6O4/c10-4-7(5-11)13-12-6-1-2-8(14(16)17)9(3-6)15(18)19/h1-3,12H. The van der Waals surface area contributed by atoms with Gasteiger partial charge in [0, 0.05) is 12.1 Å². The van der Waals surface area contributed by atoms with Gasteiger partial charge in [0.2, 0.25) is 5.71 Å². The number of nitrogens with one attached hydrogen (secondary N) is 1. The Kier molecular flexibility index (Phi) is 4.06. The highest BCUT2D eigenvalue weighted by molar-refractivity contribution is 6.10. The molecule has 0 aliphatic carbocycles. The van der Waals surface area contributed by atoms with Crippen LogP contribution in [0, 0.1) is 42.9 Å². The van der Waals surface area contributed by atoms with Crippen LogP contribution in [-0.2, 0) is 0 Å². The van der Waals surface area contributed by atoms with Crippen molar-refractivity contribution in [1.82, 2.24) is 0 Å². The molecule has 0 heterocycles. The van der Waals surface area contributed by atoms with E-state index in [0.29, 0.717) is 0 Å². The average molecular weight is 260 g/mol. The van der Waals surface area contributed by atoms with E-state index < -0.39 is 26.9 Å². The van der Waals surface area contributed by atoms with E-state index in [1.54, 1.807) is 0 Å². The third-order valence-corrected chi connectivity index (χ3v) is 1.88. The second-order valence-corrected chi connectivity index (χ2v) is 3.01. The molecule has 1 aromatic rings. The highest BCUT2D eigenvalue weighted by Crippen LogP contribution is 2.29. The molecule has 10 nitrogen and oxygen atoms in total. The molecule has 1 rings (SSSR count). The molecule has 1 N–H and O–H groups in total. The molecule has 0 atom stereocenters. The van der Waals surface area contributed by atoms with Crippen LogP contribution in [0.1, 0.15) is 0 Å². The average Bonchev–Trinajstić information content (AvgIpc) is 2.39. The highest BCUT2D eigenvalue weighted by atomic mass is 16.6. The van der Waals surface area contributed by atoms with E-state index >= 15 is 0 Å². The lowest BCUT2D eigenvalue weighted by molar-refractivity contribution is -0.422. The van der Waals surface area contributed by atoms with Crippen LogP contribution in [0.3, 0.4) is 0 Å². The molecule has 0 aromatic heterocycles. The molecule has 10 heteroatoms. The van der Waals surface area contributed by atoms with E-state index in [-0.39, 0.29) is 5.69 Å². The number of nitrogens with zero attached hydrogens (tertiary/aromatic N) is 5. The smallest absolute Gasteiger partial charge is 0.276 e. The minimum atomic E-state index is -0.914. The van der Waals surface area contributed by atoms with Crippen LogP contribution in [0.5, 0.6) is 0 Å². The van der Waals surface area contributed by atoms with Crippen LogP contribution in [0.25, 0.3) is 0 Å². The Morgan fingerprint density at radius 3 is 2.21 bits per heavy atom. The number of benzene rings is 1. The van der Waals surface area contributed by atoms with Crippen LogP contribution in [0.15, 0.2) is 23.3 Å². The minimum absolute atomic E-state index is 0.0419. The van der Waals surface area contributed by atoms with E-state index in [2.05, 4.69) is 10.5 Å². The van der Waals surface area contributed by atoms with E-state index in [0.717, 1.165) is 12.1 Å². The molecule has 0 bridgehead atoms. The zero-order valence-corrected chi connectivity index (χ0v) is 9.10. The highest BCUT2D eigenvalue weighted by Gasteiger charge is 2.23. The Morgan fingerprint density at radius 2 is 1.74 bits per heavy atom. The molecule has 0 saturated carbocycles. The molecule has 94 valence electrons. The molecule has 0 radical (unpaired) electrons. The fraction of sp³-hybridized carbons (Fsp3) is 0. The van der Waals surface area contributed by atoms with Gasteiger partial charge in [-0.2, -0.15) is 15.6 Å². The largest absolute Gasteiger partial charge is 0.348 e. The number of hydrazone groups is 1. The van der Waals surface area contributed by atoms with Gasteiger partial charge in [-0.3, -0.25) is 25.7 Å². The summed E-state index contributed by atoms with van der Waals surface area (Å²) in [5, 5.41) is 41.4. The van der Waals surface area contributed by atoms with Gasteiger partial charge in [0.25, 0.3) is 0 Å². The molecular formula is C9H4N6O4. The van der Waals surface area contributed by atoms with Crippen molar-refractivity contribution in [2.24, 2.45) is 5.10 Å². The van der Waals surface area contributed by atoms with Gasteiger partial charge < -0.3 is 0 Å². The number of nitriles is 2. The molecule has 0 spiro atoms. The van der Waals surface area contributed by atoms with Crippen LogP contribution in [0.2, 0.25) is 0 Å². The van der Waals surface area contributed by atoms with Crippen molar-refractivity contribution in [3.63, 3.8) is 0 Å². The molecule has 0 saturated heterocycles. The second-order valence-electron chi connectivity index (χ2n) is 3.01. The van der Waals surface area contributed by atoms with E-state index in [1.807, 2.05) is 0 Å². The summed E-state index contributed by atoms with van der Waals surface area (Å²) in [6, 6.07) is 5.92. The van der Waals surface area contributed by atoms with Crippen molar-refractivity contribution in [1.29, 1.82) is 10.5 Å². The Labute approximate surface area is 105 Å². The summed E-state index contributed by atoms with van der Waals surface area (Å²) >= 11 is 0. The van der Waals surface area contributed by atoms with E-state index in [1.165, 1.54) is 18.2 Å². The first kappa shape index (κ1) is 13.5. The van der Waals surface area contributed by atoms with E-state index in [4.69, 9.17) is 10.5 Å². The van der Waals surface area contributed by atoms with Crippen molar-refractivity contribution >= 4 is 22.8 Å². The summed E-state index contributed by atoms with van der Waals surface area (Å²) in [6.45, 7) is 0. The first-order chi connectivity index (χ1) is 8.99. The molecular weight excluding hydrogens is 256 g/mol. The van der Waals surface area contributed by atoms with Gasteiger partial charge in [-0.05, 0) is 6.07 Å². The maximum atomic E-state index is 10.7. The quantitative estimate of drug-likeness (QED) is 0.485. The third-order valence-electron chi connectivity index (χ3n) is 1.88. The predicted octanol–water partition coefficient (Wildman–Crippen LogP) is 1.32. The SMILES string of the molecule is N#CC(C#N)=NNc1ccc([N+](=O)[O-])c([N+](=O)[O-])c1. The lowest BCUT2D eigenvalue weighted by Crippen LogP contribution is -2.00. The van der Waals surface area contributed by atoms with Crippen molar-refractivity contribution < 1.29 is 9.85 Å². The van der Waals surface area contributed by atoms with Gasteiger partial charge in [0.05, 0.1) is 15.5 Å². The minimum Gasteiger partial charge on any atom is -0.276 e. The summed E-state index contributed by atoms with van der Waals surface area (Å²) in [5.41, 5.74) is 0.393. The summed E-state index contributed by atoms with van der Waals surface area (Å²) < 4.78 is 0. The van der Waals surface area contributed by atoms with Gasteiger partial charge in [-0.1, -0.05) is 0 Å². The third kappa shape index (κ3) is 3.21. The first-order valence-electron chi connectivity index (χ1n) is 4.56. The maximum Gasteiger partial charge on any atom is 0.348 e. The molecule has 0 aliphatic heterocycles. The van der Waals surface area contributed by atoms with Crippen molar-refractivity contribution in [2.75, 3.05) is 5.43 Å². The number of anilines is 1. The van der Waals surface area contributed by atoms with Crippen molar-refractivity contribution in [3.05, 3.63) is 38.4 Å². The summed E-state index contributed by atoms with van der Waals surface area (Å²) in [7, 11) is 0. The normalized spacial score (nSPS) is 8.74. The topological polar surface area (TPSA) is 158 Å². The molecule has 19 heavy (non-hydrogen) atoms. The number of hydrogen-bond acceptors (Lipinski definition) is 8. The first-order valence-corrected chi connectivity index (χ1v) is 4.56. The number of hydrogen-bond donors (Lipinski definition) is 1. The molecule has 0 aliphatic rings. The zero-order chi connectivity index (χ0) is 14.4. The van der Waals surface area contributed by atoms with Crippen LogP contribution < -0.4 is 5.43 Å². The Morgan fingerprint density at radius 1 is 1.16 bits per heavy atom. The maximum absolute atomic E-state index is 10.7. The zero-order valence-electron chi connectivity index (χ0n) is 9.10. The fourth-order valence-corrected chi connectivity index (χ4v) is 1.09. The Bertz CT molecular complexity index is 638. The second kappa shape index (κ2) is 5.70. The Hall–Kier alpha value is -3.53. The number of rotatable bonds is 4. The molecule has 0 fully saturated rings. The summed E-state index contributed by atoms with van der Waals surface area (Å²) in [5.74, 6) is 0. The lowest BCUT2D eigenvalue weighted by atomic mass is 10.2. The monoisotopic (exact) mass is 260 g/mol. The van der Waals surface area contributed by atoms with Crippen LogP contribution in [0.4, 0.5) is 17.1 Å². The lowest BCUT2D eigenvalue weighted by Gasteiger charge is -2.00. The van der Waals surface area contributed by atoms with Crippen LogP contribution in [-0.4, -0.2) is 15.6 Å². The predicted molar refractivity (Wildman–Crippen MR) is 62.0 cm³/mol. The van der Waals surface area contributed by atoms with Crippen molar-refractivity contribution in [2.45, 2.75) is 0 Å². The van der Waals surface area contributed by atoms with Gasteiger partial charge in [-0.15, -0.1) is 0 Å². The number of nitro benzene ring substituents is 2. The van der Waals surface area contributed by atoms with Gasteiger partial charge in [0.1, 0.15) is 12.1 Å². The van der Waals surface area contributed by atoms with Crippen molar-refractivity contribution in [3.8, 4) is 12.1 Å². The van der Waals surface area contributed by atoms with Gasteiger partial charge in [0.15, 0.2) is 0 Å². The Balaban J connectivity index is 3.15. The summed E-state index contributed by atoms with van der Waals surface area (Å²) in [6.07, 6.45) is 0. The van der Waals surface area contributed by atoms with Gasteiger partial charge in [-0.25, -0.2) is 0 Å². The summed E-state index contributed by atoms with van der Waals surface area (Å²) in [4.78, 5) is 19.4. The molecule has 0 amide bonds. The van der Waals surface area contributed by atoms with Crippen LogP contribution >= 0.6 is 0 Å². The molecule has 0 unspecified atom stereocenters. The number of nitro groups is 2.